The Balaban J connectivity index is 2.79. The van der Waals surface area contributed by atoms with Crippen LogP contribution in [-0.4, -0.2) is 16.2 Å². The highest BCUT2D eigenvalue weighted by Crippen LogP contribution is 2.09. The molecule has 1 heterocycles. The molecule has 0 saturated heterocycles. The highest BCUT2D eigenvalue weighted by atomic mass is 32.2. The molecule has 13 heavy (non-hydrogen) atoms. The van der Waals surface area contributed by atoms with Crippen molar-refractivity contribution in [2.45, 2.75) is 32.4 Å². The van der Waals surface area contributed by atoms with Crippen LogP contribution in [0.1, 0.15) is 30.4 Å². The molecule has 2 nitrogen and oxygen atoms in total. The van der Waals surface area contributed by atoms with Crippen LogP contribution in [0, 0.1) is 6.92 Å². The molecular weight excluding hydrogens is 180 g/mol. The highest BCUT2D eigenvalue weighted by Gasteiger charge is 2.01. The molecular formula is C10H16N2S. The van der Waals surface area contributed by atoms with E-state index in [9.17, 15) is 0 Å². The zero-order chi connectivity index (χ0) is 9.68. The molecule has 0 unspecified atom stereocenters. The van der Waals surface area contributed by atoms with E-state index in [4.69, 9.17) is 0 Å². The van der Waals surface area contributed by atoms with Crippen LogP contribution in [0.15, 0.2) is 6.20 Å². The van der Waals surface area contributed by atoms with Gasteiger partial charge in [-0.3, -0.25) is 0 Å². The second-order valence-corrected chi connectivity index (χ2v) is 3.95. The lowest BCUT2D eigenvalue weighted by Crippen LogP contribution is -1.99. The second kappa shape index (κ2) is 5.22. The molecule has 0 N–H and O–H groups in total. The van der Waals surface area contributed by atoms with Crippen LogP contribution < -0.4 is 0 Å². The van der Waals surface area contributed by atoms with Crippen LogP contribution in [0.2, 0.25) is 0 Å². The fraction of sp³-hybridized carbons (Fsp3) is 0.600. The van der Waals surface area contributed by atoms with Crippen molar-refractivity contribution in [3.63, 3.8) is 0 Å². The van der Waals surface area contributed by atoms with Gasteiger partial charge < -0.3 is 0 Å². The number of hydrogen-bond acceptors (Lipinski definition) is 3. The molecule has 3 heteroatoms. The summed E-state index contributed by atoms with van der Waals surface area (Å²) in [6, 6.07) is 0. The summed E-state index contributed by atoms with van der Waals surface area (Å²) in [7, 11) is 0. The van der Waals surface area contributed by atoms with Crippen LogP contribution in [0.5, 0.6) is 0 Å². The van der Waals surface area contributed by atoms with E-state index in [0.29, 0.717) is 0 Å². The zero-order valence-corrected chi connectivity index (χ0v) is 9.32. The van der Waals surface area contributed by atoms with E-state index in [1.54, 1.807) is 11.8 Å². The Morgan fingerprint density at radius 2 is 2.23 bits per heavy atom. The maximum absolute atomic E-state index is 4.45. The van der Waals surface area contributed by atoms with Gasteiger partial charge in [-0.2, -0.15) is 11.8 Å². The Labute approximate surface area is 84.2 Å². The molecule has 0 saturated carbocycles. The minimum Gasteiger partial charge on any atom is -0.240 e. The lowest BCUT2D eigenvalue weighted by Gasteiger charge is -2.04. The number of aryl methyl sites for hydroxylation is 2. The SMILES string of the molecule is CCCc1cnc(CSC)nc1C. The molecule has 0 bridgehead atoms. The van der Waals surface area contributed by atoms with Crippen LogP contribution in [0.4, 0.5) is 0 Å². The second-order valence-electron chi connectivity index (χ2n) is 3.08. The van der Waals surface area contributed by atoms with Gasteiger partial charge in [0.1, 0.15) is 5.82 Å². The summed E-state index contributed by atoms with van der Waals surface area (Å²) < 4.78 is 0. The molecule has 72 valence electrons. The summed E-state index contributed by atoms with van der Waals surface area (Å²) in [4.78, 5) is 8.77. The van der Waals surface area contributed by atoms with Crippen molar-refractivity contribution >= 4 is 11.8 Å². The summed E-state index contributed by atoms with van der Waals surface area (Å²) in [5.41, 5.74) is 2.42. The van der Waals surface area contributed by atoms with E-state index in [1.807, 2.05) is 6.20 Å². The molecule has 0 aromatic carbocycles. The van der Waals surface area contributed by atoms with E-state index < -0.39 is 0 Å². The molecule has 0 amide bonds. The van der Waals surface area contributed by atoms with E-state index in [-0.39, 0.29) is 0 Å². The van der Waals surface area contributed by atoms with Gasteiger partial charge in [-0.1, -0.05) is 13.3 Å². The quantitative estimate of drug-likeness (QED) is 0.740. The molecule has 0 atom stereocenters. The molecule has 0 aliphatic carbocycles. The van der Waals surface area contributed by atoms with Crippen LogP contribution >= 0.6 is 11.8 Å². The van der Waals surface area contributed by atoms with Crippen molar-refractivity contribution in [1.82, 2.24) is 9.97 Å². The molecule has 1 rings (SSSR count). The molecule has 0 fully saturated rings. The largest absolute Gasteiger partial charge is 0.240 e. The first kappa shape index (κ1) is 10.5. The average molecular weight is 196 g/mol. The minimum absolute atomic E-state index is 0.910. The smallest absolute Gasteiger partial charge is 0.138 e. The summed E-state index contributed by atoms with van der Waals surface area (Å²) in [5.74, 6) is 1.86. The Morgan fingerprint density at radius 3 is 2.77 bits per heavy atom. The van der Waals surface area contributed by atoms with E-state index in [0.717, 1.165) is 30.1 Å². The Bertz CT molecular complexity index is 274. The van der Waals surface area contributed by atoms with Crippen LogP contribution in [-0.2, 0) is 12.2 Å². The number of hydrogen-bond donors (Lipinski definition) is 0. The predicted molar refractivity (Wildman–Crippen MR) is 58.0 cm³/mol. The molecule has 0 aliphatic rings. The summed E-state index contributed by atoms with van der Waals surface area (Å²) in [5, 5.41) is 0. The van der Waals surface area contributed by atoms with Crippen molar-refractivity contribution < 1.29 is 0 Å². The summed E-state index contributed by atoms with van der Waals surface area (Å²) >= 11 is 1.76. The highest BCUT2D eigenvalue weighted by molar-refractivity contribution is 7.97. The van der Waals surface area contributed by atoms with Gasteiger partial charge in [0.2, 0.25) is 0 Å². The summed E-state index contributed by atoms with van der Waals surface area (Å²) in [6.45, 7) is 4.24. The van der Waals surface area contributed by atoms with Crippen molar-refractivity contribution in [1.29, 1.82) is 0 Å². The number of aromatic nitrogens is 2. The van der Waals surface area contributed by atoms with Crippen molar-refractivity contribution in [2.75, 3.05) is 6.26 Å². The van der Waals surface area contributed by atoms with Gasteiger partial charge in [0.05, 0.1) is 5.75 Å². The Kier molecular flexibility index (Phi) is 4.22. The first-order chi connectivity index (χ1) is 6.27. The predicted octanol–water partition coefficient (Wildman–Crippen LogP) is 2.60. The molecule has 1 aromatic rings. The van der Waals surface area contributed by atoms with Gasteiger partial charge in [0.25, 0.3) is 0 Å². The van der Waals surface area contributed by atoms with Gasteiger partial charge >= 0.3 is 0 Å². The molecule has 0 spiro atoms. The summed E-state index contributed by atoms with van der Waals surface area (Å²) in [6.07, 6.45) is 6.29. The monoisotopic (exact) mass is 196 g/mol. The standard InChI is InChI=1S/C10H16N2S/c1-4-5-9-6-11-10(7-13-3)12-8(9)2/h6H,4-5,7H2,1-3H3. The van der Waals surface area contributed by atoms with Gasteiger partial charge in [-0.15, -0.1) is 0 Å². The van der Waals surface area contributed by atoms with Gasteiger partial charge in [-0.25, -0.2) is 9.97 Å². The first-order valence-electron chi connectivity index (χ1n) is 4.58. The van der Waals surface area contributed by atoms with E-state index in [2.05, 4.69) is 30.1 Å². The number of thioether (sulfide) groups is 1. The lowest BCUT2D eigenvalue weighted by molar-refractivity contribution is 0.866. The van der Waals surface area contributed by atoms with Crippen molar-refractivity contribution in [3.05, 3.63) is 23.3 Å². The maximum atomic E-state index is 4.45. The normalized spacial score (nSPS) is 10.4. The van der Waals surface area contributed by atoms with Gasteiger partial charge in [0.15, 0.2) is 0 Å². The molecule has 1 aromatic heterocycles. The van der Waals surface area contributed by atoms with Gasteiger partial charge in [0, 0.05) is 11.9 Å². The van der Waals surface area contributed by atoms with Crippen molar-refractivity contribution in [2.24, 2.45) is 0 Å². The fourth-order valence-corrected chi connectivity index (χ4v) is 1.65. The maximum Gasteiger partial charge on any atom is 0.138 e. The van der Waals surface area contributed by atoms with Crippen LogP contribution in [0.25, 0.3) is 0 Å². The Morgan fingerprint density at radius 1 is 1.46 bits per heavy atom. The third kappa shape index (κ3) is 2.99. The number of rotatable bonds is 4. The van der Waals surface area contributed by atoms with E-state index >= 15 is 0 Å². The van der Waals surface area contributed by atoms with Crippen LogP contribution in [0.3, 0.4) is 0 Å². The average Bonchev–Trinajstić information content (AvgIpc) is 2.10. The minimum atomic E-state index is 0.910. The lowest BCUT2D eigenvalue weighted by atomic mass is 10.1. The fourth-order valence-electron chi connectivity index (χ4n) is 1.25. The topological polar surface area (TPSA) is 25.8 Å². The zero-order valence-electron chi connectivity index (χ0n) is 8.50. The molecule has 0 aliphatic heterocycles. The van der Waals surface area contributed by atoms with Crippen molar-refractivity contribution in [3.8, 4) is 0 Å². The third-order valence-electron chi connectivity index (χ3n) is 1.92. The number of nitrogens with zero attached hydrogens (tertiary/aromatic N) is 2. The molecule has 0 radical (unpaired) electrons. The first-order valence-corrected chi connectivity index (χ1v) is 5.97. The Hall–Kier alpha value is -0.570. The van der Waals surface area contributed by atoms with Gasteiger partial charge in [-0.05, 0) is 25.2 Å². The third-order valence-corrected chi connectivity index (χ3v) is 2.47. The van der Waals surface area contributed by atoms with E-state index in [1.165, 1.54) is 5.56 Å².